The molecular formula is C9H10N2O. The van der Waals surface area contributed by atoms with Crippen LogP contribution in [0.25, 0.3) is 12.2 Å². The van der Waals surface area contributed by atoms with Crippen molar-refractivity contribution < 1.29 is 0 Å². The third kappa shape index (κ3) is 1.07. The van der Waals surface area contributed by atoms with Crippen molar-refractivity contribution in [1.29, 1.82) is 0 Å². The fourth-order valence-corrected chi connectivity index (χ4v) is 1.33. The van der Waals surface area contributed by atoms with E-state index in [1.165, 1.54) is 0 Å². The number of aryl methyl sites for hydroxylation is 1. The van der Waals surface area contributed by atoms with Gasteiger partial charge < -0.3 is 4.98 Å². The zero-order valence-corrected chi connectivity index (χ0v) is 6.92. The van der Waals surface area contributed by atoms with Crippen molar-refractivity contribution in [1.82, 2.24) is 9.97 Å². The van der Waals surface area contributed by atoms with Gasteiger partial charge in [0.1, 0.15) is 5.69 Å². The van der Waals surface area contributed by atoms with Crippen LogP contribution in [-0.2, 0) is 0 Å². The maximum absolute atomic E-state index is 11.1. The molecule has 0 unspecified atom stereocenters. The average Bonchev–Trinajstić information content (AvgIpc) is 2.07. The van der Waals surface area contributed by atoms with Crippen LogP contribution in [0.2, 0.25) is 0 Å². The highest BCUT2D eigenvalue weighted by Crippen LogP contribution is 1.92. The Bertz CT molecular complexity index is 470. The Kier molecular flexibility index (Phi) is 1.57. The van der Waals surface area contributed by atoms with Crippen LogP contribution in [-0.4, -0.2) is 9.97 Å². The first kappa shape index (κ1) is 7.28. The molecule has 0 fully saturated rings. The van der Waals surface area contributed by atoms with E-state index < -0.39 is 0 Å². The van der Waals surface area contributed by atoms with Crippen LogP contribution in [0.5, 0.6) is 0 Å². The SMILES string of the molecule is Cc1nc2c([nH]c1=O)=CCCC=2. The van der Waals surface area contributed by atoms with Crippen LogP contribution >= 0.6 is 0 Å². The highest BCUT2D eigenvalue weighted by Gasteiger charge is 1.97. The molecule has 1 heterocycles. The molecule has 0 amide bonds. The zero-order valence-electron chi connectivity index (χ0n) is 6.92. The molecule has 0 aliphatic heterocycles. The van der Waals surface area contributed by atoms with Crippen molar-refractivity contribution in [3.8, 4) is 0 Å². The Morgan fingerprint density at radius 1 is 1.42 bits per heavy atom. The van der Waals surface area contributed by atoms with Crippen molar-refractivity contribution in [3.05, 3.63) is 26.7 Å². The van der Waals surface area contributed by atoms with E-state index in [0.29, 0.717) is 5.69 Å². The third-order valence-corrected chi connectivity index (χ3v) is 1.99. The van der Waals surface area contributed by atoms with Gasteiger partial charge in [-0.05, 0) is 19.8 Å². The van der Waals surface area contributed by atoms with Gasteiger partial charge >= 0.3 is 0 Å². The topological polar surface area (TPSA) is 45.8 Å². The second kappa shape index (κ2) is 2.59. The van der Waals surface area contributed by atoms with E-state index in [0.717, 1.165) is 23.5 Å². The molecule has 0 aromatic carbocycles. The number of fused-ring (bicyclic) bond motifs is 1. The summed E-state index contributed by atoms with van der Waals surface area (Å²) in [4.78, 5) is 18.1. The lowest BCUT2D eigenvalue weighted by Crippen LogP contribution is -2.39. The molecular weight excluding hydrogens is 152 g/mol. The van der Waals surface area contributed by atoms with Gasteiger partial charge in [0.25, 0.3) is 5.56 Å². The molecule has 1 aromatic rings. The highest BCUT2D eigenvalue weighted by atomic mass is 16.1. The number of rotatable bonds is 0. The first-order valence-corrected chi connectivity index (χ1v) is 4.05. The first-order valence-electron chi connectivity index (χ1n) is 4.05. The van der Waals surface area contributed by atoms with Gasteiger partial charge in [0, 0.05) is 0 Å². The number of nitrogens with one attached hydrogen (secondary N) is 1. The lowest BCUT2D eigenvalue weighted by molar-refractivity contribution is 0.956. The zero-order chi connectivity index (χ0) is 8.55. The van der Waals surface area contributed by atoms with Crippen molar-refractivity contribution in [2.24, 2.45) is 0 Å². The van der Waals surface area contributed by atoms with Gasteiger partial charge in [-0.3, -0.25) is 4.79 Å². The normalized spacial score (nSPS) is 14.4. The van der Waals surface area contributed by atoms with E-state index in [9.17, 15) is 4.79 Å². The van der Waals surface area contributed by atoms with Gasteiger partial charge in [-0.1, -0.05) is 12.2 Å². The Morgan fingerprint density at radius 2 is 2.17 bits per heavy atom. The molecule has 0 radical (unpaired) electrons. The number of H-pyrrole nitrogens is 1. The summed E-state index contributed by atoms with van der Waals surface area (Å²) in [6.45, 7) is 1.72. The second-order valence-electron chi connectivity index (χ2n) is 2.94. The summed E-state index contributed by atoms with van der Waals surface area (Å²) in [6.07, 6.45) is 6.08. The number of nitrogens with zero attached hydrogens (tertiary/aromatic N) is 1. The monoisotopic (exact) mass is 162 g/mol. The lowest BCUT2D eigenvalue weighted by atomic mass is 10.2. The van der Waals surface area contributed by atoms with Crippen LogP contribution in [0.3, 0.4) is 0 Å². The van der Waals surface area contributed by atoms with Crippen LogP contribution in [0.4, 0.5) is 0 Å². The van der Waals surface area contributed by atoms with Gasteiger partial charge in [-0.2, -0.15) is 0 Å². The summed E-state index contributed by atoms with van der Waals surface area (Å²) < 4.78 is 0. The van der Waals surface area contributed by atoms with E-state index in [4.69, 9.17) is 0 Å². The minimum Gasteiger partial charge on any atom is -0.319 e. The summed E-state index contributed by atoms with van der Waals surface area (Å²) in [5, 5.41) is 1.79. The molecule has 3 nitrogen and oxygen atoms in total. The van der Waals surface area contributed by atoms with Gasteiger partial charge in [-0.15, -0.1) is 0 Å². The van der Waals surface area contributed by atoms with Crippen LogP contribution < -0.4 is 16.3 Å². The number of hydrogen-bond donors (Lipinski definition) is 1. The number of aromatic nitrogens is 2. The molecule has 0 saturated carbocycles. The molecule has 0 spiro atoms. The van der Waals surface area contributed by atoms with E-state index in [2.05, 4.69) is 16.0 Å². The quantitative estimate of drug-likeness (QED) is 0.555. The maximum Gasteiger partial charge on any atom is 0.269 e. The van der Waals surface area contributed by atoms with Gasteiger partial charge in [0.15, 0.2) is 0 Å². The summed E-state index contributed by atoms with van der Waals surface area (Å²) in [6, 6.07) is 0. The Balaban J connectivity index is 2.91. The molecule has 2 rings (SSSR count). The maximum atomic E-state index is 11.1. The predicted octanol–water partition coefficient (Wildman–Crippen LogP) is -0.567. The molecule has 0 atom stereocenters. The summed E-state index contributed by atoms with van der Waals surface area (Å²) in [5.74, 6) is 0. The second-order valence-corrected chi connectivity index (χ2v) is 2.94. The van der Waals surface area contributed by atoms with E-state index in [-0.39, 0.29) is 5.56 Å². The van der Waals surface area contributed by atoms with Gasteiger partial charge in [-0.25, -0.2) is 4.98 Å². The van der Waals surface area contributed by atoms with Crippen LogP contribution in [0, 0.1) is 6.92 Å². The fourth-order valence-electron chi connectivity index (χ4n) is 1.33. The van der Waals surface area contributed by atoms with Crippen molar-refractivity contribution in [2.45, 2.75) is 19.8 Å². The number of hydrogen-bond acceptors (Lipinski definition) is 2. The first-order chi connectivity index (χ1) is 5.77. The minimum atomic E-state index is -0.0831. The number of aromatic amines is 1. The highest BCUT2D eigenvalue weighted by molar-refractivity contribution is 5.32. The summed E-state index contributed by atoms with van der Waals surface area (Å²) >= 11 is 0. The van der Waals surface area contributed by atoms with Crippen LogP contribution in [0.15, 0.2) is 4.79 Å². The Labute approximate surface area is 69.5 Å². The minimum absolute atomic E-state index is 0.0831. The van der Waals surface area contributed by atoms with Gasteiger partial charge in [0.2, 0.25) is 0 Å². The molecule has 1 aliphatic rings. The van der Waals surface area contributed by atoms with E-state index in [1.54, 1.807) is 6.92 Å². The lowest BCUT2D eigenvalue weighted by Gasteiger charge is -1.98. The Morgan fingerprint density at radius 3 is 3.00 bits per heavy atom. The molecule has 12 heavy (non-hydrogen) atoms. The molecule has 1 aliphatic carbocycles. The Hall–Kier alpha value is -1.38. The van der Waals surface area contributed by atoms with Crippen molar-refractivity contribution in [3.63, 3.8) is 0 Å². The molecule has 0 bridgehead atoms. The standard InChI is InChI=1S/C9H10N2O/c1-6-9(12)11-8-5-3-2-4-7(8)10-6/h4-5H,2-3H2,1H3,(H,11,12). The van der Waals surface area contributed by atoms with Crippen molar-refractivity contribution in [2.75, 3.05) is 0 Å². The molecule has 1 N–H and O–H groups in total. The molecule has 3 heteroatoms. The fraction of sp³-hybridized carbons (Fsp3) is 0.333. The largest absolute Gasteiger partial charge is 0.319 e. The van der Waals surface area contributed by atoms with E-state index >= 15 is 0 Å². The molecule has 1 aromatic heterocycles. The molecule has 62 valence electrons. The van der Waals surface area contributed by atoms with Crippen LogP contribution in [0.1, 0.15) is 18.5 Å². The molecule has 0 saturated heterocycles. The summed E-state index contributed by atoms with van der Waals surface area (Å²) in [7, 11) is 0. The average molecular weight is 162 g/mol. The van der Waals surface area contributed by atoms with E-state index in [1.807, 2.05) is 6.08 Å². The predicted molar refractivity (Wildman–Crippen MR) is 47.0 cm³/mol. The van der Waals surface area contributed by atoms with Crippen molar-refractivity contribution >= 4 is 12.2 Å². The third-order valence-electron chi connectivity index (χ3n) is 1.99. The summed E-state index contributed by atoms with van der Waals surface area (Å²) in [5.41, 5.74) is 0.459. The van der Waals surface area contributed by atoms with Gasteiger partial charge in [0.05, 0.1) is 10.7 Å². The smallest absolute Gasteiger partial charge is 0.269 e.